The van der Waals surface area contributed by atoms with Crippen molar-refractivity contribution in [3.8, 4) is 0 Å². The fraction of sp³-hybridized carbons (Fsp3) is 0.448. The summed E-state index contributed by atoms with van der Waals surface area (Å²) in [5.41, 5.74) is 5.52. The molecule has 0 amide bonds. The molecule has 0 unspecified atom stereocenters. The van der Waals surface area contributed by atoms with E-state index in [2.05, 4.69) is 44.8 Å². The summed E-state index contributed by atoms with van der Waals surface area (Å²) in [4.78, 5) is 10.3. The number of aliphatic hydroxyl groups excluding tert-OH is 1. The zero-order valence-electron chi connectivity index (χ0n) is 24.1. The zero-order valence-corrected chi connectivity index (χ0v) is 27.2. The Balaban J connectivity index is -0.000000147. The predicted octanol–water partition coefficient (Wildman–Crippen LogP) is -4.03. The van der Waals surface area contributed by atoms with Crippen LogP contribution in [-0.4, -0.2) is 23.2 Å². The molecule has 0 atom stereocenters. The summed E-state index contributed by atoms with van der Waals surface area (Å²) >= 11 is 0. The van der Waals surface area contributed by atoms with Crippen molar-refractivity contribution >= 4 is 17.2 Å². The average Bonchev–Trinajstić information content (AvgIpc) is 2.79. The van der Waals surface area contributed by atoms with E-state index in [-0.39, 0.29) is 77.9 Å². The molecule has 0 aromatic heterocycles. The van der Waals surface area contributed by atoms with Crippen LogP contribution in [0.15, 0.2) is 72.0 Å². The van der Waals surface area contributed by atoms with Crippen LogP contribution in [0.5, 0.6) is 0 Å². The van der Waals surface area contributed by atoms with Crippen molar-refractivity contribution in [2.24, 2.45) is 0 Å². The van der Waals surface area contributed by atoms with Crippen LogP contribution in [0.3, 0.4) is 0 Å². The third-order valence-electron chi connectivity index (χ3n) is 4.30. The van der Waals surface area contributed by atoms with E-state index in [1.165, 1.54) is 18.1 Å². The van der Waals surface area contributed by atoms with Crippen LogP contribution < -0.4 is 70.8 Å². The number of nitrogens with one attached hydrogen (secondary N) is 2. The predicted molar refractivity (Wildman–Crippen MR) is 146 cm³/mol. The van der Waals surface area contributed by atoms with Gasteiger partial charge in [0.15, 0.2) is 5.78 Å². The third-order valence-corrected chi connectivity index (χ3v) is 4.30. The van der Waals surface area contributed by atoms with Gasteiger partial charge in [-0.25, -0.2) is 0 Å². The van der Waals surface area contributed by atoms with Crippen molar-refractivity contribution in [3.05, 3.63) is 77.6 Å². The summed E-state index contributed by atoms with van der Waals surface area (Å²) in [5, 5.41) is 21.2. The summed E-state index contributed by atoms with van der Waals surface area (Å²) in [6, 6.07) is 8.17. The Bertz CT molecular complexity index is 823. The number of rotatable bonds is 11. The normalized spacial score (nSPS) is 10.2. The largest absolute Gasteiger partial charge is 1.00 e. The van der Waals surface area contributed by atoms with Crippen molar-refractivity contribution in [2.45, 2.75) is 80.6 Å². The first-order valence-electron chi connectivity index (χ1n) is 12.0. The molecule has 0 spiro atoms. The van der Waals surface area contributed by atoms with Crippen LogP contribution in [0.2, 0.25) is 0 Å². The number of aryl methyl sites for hydroxylation is 1. The van der Waals surface area contributed by atoms with E-state index >= 15 is 0 Å². The number of halogens is 3. The molecule has 0 fully saturated rings. The van der Waals surface area contributed by atoms with Crippen LogP contribution in [0.1, 0.15) is 79.2 Å². The van der Waals surface area contributed by atoms with Gasteiger partial charge < -0.3 is 29.9 Å². The van der Waals surface area contributed by atoms with Crippen LogP contribution in [0.25, 0.3) is 0 Å². The van der Waals surface area contributed by atoms with Gasteiger partial charge in [-0.2, -0.15) is 0 Å². The second-order valence-electron chi connectivity index (χ2n) is 7.53. The Hall–Kier alpha value is -1.29. The number of hydrogen-bond acceptors (Lipinski definition) is 4. The van der Waals surface area contributed by atoms with Crippen molar-refractivity contribution in [2.75, 3.05) is 11.9 Å². The van der Waals surface area contributed by atoms with Gasteiger partial charge in [-0.1, -0.05) is 71.1 Å². The summed E-state index contributed by atoms with van der Waals surface area (Å²) < 4.78 is 0. The van der Waals surface area contributed by atoms with E-state index in [1.807, 2.05) is 58.1 Å². The fourth-order valence-electron chi connectivity index (χ4n) is 2.83. The van der Waals surface area contributed by atoms with Gasteiger partial charge in [-0.05, 0) is 69.4 Å². The van der Waals surface area contributed by atoms with E-state index in [1.54, 1.807) is 0 Å². The Morgan fingerprint density at radius 2 is 1.65 bits per heavy atom. The molecular weight excluding hydrogens is 504 g/mol. The zero-order chi connectivity index (χ0) is 25.6. The molecule has 1 aromatic rings. The number of carbonyl (C=O) groups excluding carboxylic acids is 1. The van der Waals surface area contributed by atoms with Crippen LogP contribution in [0.4, 0.5) is 5.69 Å². The van der Waals surface area contributed by atoms with E-state index in [9.17, 15) is 9.90 Å². The molecular formula is C29H46F3KN2O2-2. The van der Waals surface area contributed by atoms with Crippen LogP contribution >= 0.6 is 0 Å². The number of aliphatic hydroxyl groups is 1. The monoisotopic (exact) mass is 550 g/mol. The van der Waals surface area contributed by atoms with Gasteiger partial charge in [0.1, 0.15) is 0 Å². The number of allylic oxidation sites excluding steroid dienone is 5. The Kier molecular flexibility index (Phi) is 43.1. The molecule has 37 heavy (non-hydrogen) atoms. The minimum Gasteiger partial charge on any atom is -1.00 e. The maximum atomic E-state index is 10.3. The molecule has 0 aliphatic rings. The van der Waals surface area contributed by atoms with Gasteiger partial charge >= 0.3 is 51.4 Å². The summed E-state index contributed by atoms with van der Waals surface area (Å²) in [6.45, 7) is 17.6. The standard InChI is InChI=1S/C20H28N2O.C6H10O.C3H8.3FH.K/c1-5-9-16(12-13-23)20(18(21)6-2)19(7-3)22-17-11-8-10-15(4)14-17;1-3-5-6(7)4-2;1-3-2;;;;/h5,7-11,14,21-23H,6,12-13H2,1-4H3;4H,2-3,5H2,1H3;3H2,1-2H3;3*1H;/q;;;;;;+1/p-3/b9-5-,19-7-,20-16+,21-18?;;;;;;. The van der Waals surface area contributed by atoms with Gasteiger partial charge in [0.25, 0.3) is 0 Å². The minimum absolute atomic E-state index is 0. The van der Waals surface area contributed by atoms with E-state index in [4.69, 9.17) is 5.41 Å². The molecule has 8 heteroatoms. The fourth-order valence-corrected chi connectivity index (χ4v) is 2.83. The maximum Gasteiger partial charge on any atom is 1.00 e. The Morgan fingerprint density at radius 1 is 1.08 bits per heavy atom. The first-order valence-corrected chi connectivity index (χ1v) is 12.0. The molecule has 0 saturated carbocycles. The molecule has 0 saturated heterocycles. The van der Waals surface area contributed by atoms with Gasteiger partial charge in [0, 0.05) is 35.7 Å². The van der Waals surface area contributed by atoms with Gasteiger partial charge in [0.2, 0.25) is 0 Å². The molecule has 1 rings (SSSR count). The van der Waals surface area contributed by atoms with Gasteiger partial charge in [-0.15, -0.1) is 0 Å². The Morgan fingerprint density at radius 3 is 2.00 bits per heavy atom. The third kappa shape index (κ3) is 23.5. The Labute approximate surface area is 265 Å². The number of hydrogen-bond donors (Lipinski definition) is 3. The molecule has 0 aliphatic heterocycles. The van der Waals surface area contributed by atoms with Crippen molar-refractivity contribution in [1.82, 2.24) is 0 Å². The molecule has 0 bridgehead atoms. The number of benzene rings is 1. The molecule has 0 heterocycles. The number of carbonyl (C=O) groups is 1. The second-order valence-corrected chi connectivity index (χ2v) is 7.53. The quantitative estimate of drug-likeness (QED) is 0.114. The molecule has 0 aliphatic carbocycles. The average molecular weight is 551 g/mol. The first-order chi connectivity index (χ1) is 15.8. The summed E-state index contributed by atoms with van der Waals surface area (Å²) in [5.74, 6) is 0.141. The van der Waals surface area contributed by atoms with Crippen molar-refractivity contribution in [1.29, 1.82) is 5.41 Å². The molecule has 208 valence electrons. The van der Waals surface area contributed by atoms with E-state index < -0.39 is 0 Å². The summed E-state index contributed by atoms with van der Waals surface area (Å²) in [6.07, 6.45) is 11.3. The van der Waals surface area contributed by atoms with E-state index in [0.717, 1.165) is 29.0 Å². The van der Waals surface area contributed by atoms with Crippen molar-refractivity contribution < 1.29 is 75.4 Å². The molecule has 3 N–H and O–H groups in total. The van der Waals surface area contributed by atoms with Crippen molar-refractivity contribution in [3.63, 3.8) is 0 Å². The molecule has 4 nitrogen and oxygen atoms in total. The maximum absolute atomic E-state index is 10.3. The number of ketones is 1. The van der Waals surface area contributed by atoms with Gasteiger partial charge in [-0.3, -0.25) is 4.79 Å². The topological polar surface area (TPSA) is 73.2 Å². The first kappa shape index (κ1) is 48.7. The summed E-state index contributed by atoms with van der Waals surface area (Å²) in [7, 11) is 0. The van der Waals surface area contributed by atoms with Crippen LogP contribution in [0, 0.1) is 12.3 Å². The smallest absolute Gasteiger partial charge is 1.00 e. The number of anilines is 1. The SMILES string of the molecule is C=CC(=O)CCC.CCC.C\C=C/C(CCO)=C(C(=N)CC)\C(=C\C)Nc1cccc(C)c1.[F-].[F-].[F-].[K+]. The van der Waals surface area contributed by atoms with Gasteiger partial charge in [0.05, 0.1) is 0 Å². The minimum atomic E-state index is 0. The van der Waals surface area contributed by atoms with E-state index in [0.29, 0.717) is 25.0 Å². The van der Waals surface area contributed by atoms with Crippen LogP contribution in [-0.2, 0) is 4.79 Å². The second kappa shape index (κ2) is 32.7. The molecule has 1 aromatic carbocycles. The molecule has 0 radical (unpaired) electrons.